The number of aryl methyl sites for hydroxylation is 1. The predicted molar refractivity (Wildman–Crippen MR) is 132 cm³/mol. The monoisotopic (exact) mass is 495 g/mol. The molecule has 1 aliphatic heterocycles. The number of methoxy groups -OCH3 is 1. The maximum atomic E-state index is 13.0. The molecule has 3 aromatic rings. The smallest absolute Gasteiger partial charge is 0.309 e. The van der Waals surface area contributed by atoms with Crippen molar-refractivity contribution in [3.63, 3.8) is 0 Å². The third kappa shape index (κ3) is 5.62. The zero-order valence-electron chi connectivity index (χ0n) is 20.6. The van der Waals surface area contributed by atoms with Gasteiger partial charge < -0.3 is 28.3 Å². The summed E-state index contributed by atoms with van der Waals surface area (Å²) in [5.74, 6) is 1.45. The molecule has 1 aromatic heterocycles. The van der Waals surface area contributed by atoms with Crippen molar-refractivity contribution in [1.82, 2.24) is 4.90 Å². The average Bonchev–Trinajstić information content (AvgIpc) is 2.90. The summed E-state index contributed by atoms with van der Waals surface area (Å²) in [5.41, 5.74) is 0.0245. The van der Waals surface area contributed by atoms with Crippen molar-refractivity contribution in [2.45, 2.75) is 26.7 Å². The number of carbonyl (C=O) groups is 2. The van der Waals surface area contributed by atoms with E-state index in [1.165, 1.54) is 0 Å². The number of ether oxygens (including phenoxy) is 4. The summed E-state index contributed by atoms with van der Waals surface area (Å²) in [6.45, 7) is 4.59. The Bertz CT molecular complexity index is 1290. The minimum atomic E-state index is -0.309. The largest absolute Gasteiger partial charge is 0.497 e. The van der Waals surface area contributed by atoms with Gasteiger partial charge in [0.2, 0.25) is 11.2 Å². The molecule has 0 aliphatic carbocycles. The van der Waals surface area contributed by atoms with E-state index in [2.05, 4.69) is 0 Å². The highest BCUT2D eigenvalue weighted by molar-refractivity contribution is 5.81. The summed E-state index contributed by atoms with van der Waals surface area (Å²) < 4.78 is 27.5. The van der Waals surface area contributed by atoms with E-state index in [1.807, 2.05) is 0 Å². The van der Waals surface area contributed by atoms with Gasteiger partial charge in [-0.2, -0.15) is 0 Å². The molecule has 1 aliphatic rings. The van der Waals surface area contributed by atoms with Crippen LogP contribution in [0.3, 0.4) is 0 Å². The Balaban J connectivity index is 1.40. The molecule has 0 saturated carbocycles. The first-order valence-corrected chi connectivity index (χ1v) is 11.9. The van der Waals surface area contributed by atoms with E-state index in [0.717, 1.165) is 0 Å². The Morgan fingerprint density at radius 1 is 1.03 bits per heavy atom. The van der Waals surface area contributed by atoms with Gasteiger partial charge in [0, 0.05) is 19.2 Å². The van der Waals surface area contributed by atoms with Gasteiger partial charge in [0.1, 0.15) is 28.6 Å². The molecule has 0 bridgehead atoms. The van der Waals surface area contributed by atoms with Gasteiger partial charge in [-0.05, 0) is 63.1 Å². The number of benzene rings is 2. The summed E-state index contributed by atoms with van der Waals surface area (Å²) in [6, 6.07) is 11.7. The number of amides is 1. The molecule has 0 spiro atoms. The summed E-state index contributed by atoms with van der Waals surface area (Å²) in [6.07, 6.45) is 1.15. The van der Waals surface area contributed by atoms with Crippen LogP contribution in [0.4, 0.5) is 0 Å². The number of nitrogens with zero attached hydrogens (tertiary/aromatic N) is 1. The van der Waals surface area contributed by atoms with E-state index in [4.69, 9.17) is 23.4 Å². The van der Waals surface area contributed by atoms with Gasteiger partial charge in [-0.15, -0.1) is 0 Å². The molecule has 2 heterocycles. The first kappa shape index (κ1) is 25.1. The van der Waals surface area contributed by atoms with Crippen LogP contribution in [0, 0.1) is 12.8 Å². The molecule has 1 amide bonds. The van der Waals surface area contributed by atoms with Gasteiger partial charge >= 0.3 is 5.97 Å². The van der Waals surface area contributed by atoms with Gasteiger partial charge in [-0.1, -0.05) is 0 Å². The van der Waals surface area contributed by atoms with Crippen molar-refractivity contribution in [3.8, 4) is 23.0 Å². The average molecular weight is 496 g/mol. The number of fused-ring (bicyclic) bond motifs is 1. The molecule has 9 nitrogen and oxygen atoms in total. The molecule has 9 heteroatoms. The minimum Gasteiger partial charge on any atom is -0.497 e. The molecular formula is C27H29NO8. The van der Waals surface area contributed by atoms with Crippen LogP contribution in [0.1, 0.15) is 25.5 Å². The van der Waals surface area contributed by atoms with Gasteiger partial charge in [0.05, 0.1) is 25.0 Å². The summed E-state index contributed by atoms with van der Waals surface area (Å²) in [7, 11) is 1.57. The second kappa shape index (κ2) is 11.2. The third-order valence-corrected chi connectivity index (χ3v) is 6.10. The Kier molecular flexibility index (Phi) is 7.77. The topological polar surface area (TPSA) is 105 Å². The number of hydrogen-bond acceptors (Lipinski definition) is 8. The minimum absolute atomic E-state index is 0.0998. The lowest BCUT2D eigenvalue weighted by atomic mass is 9.97. The van der Waals surface area contributed by atoms with Gasteiger partial charge in [-0.25, -0.2) is 0 Å². The molecule has 0 atom stereocenters. The zero-order valence-corrected chi connectivity index (χ0v) is 20.6. The molecule has 36 heavy (non-hydrogen) atoms. The summed E-state index contributed by atoms with van der Waals surface area (Å²) in [4.78, 5) is 39.2. The van der Waals surface area contributed by atoms with Crippen LogP contribution in [-0.4, -0.2) is 50.2 Å². The normalized spacial score (nSPS) is 13.9. The maximum absolute atomic E-state index is 13.0. The van der Waals surface area contributed by atoms with E-state index in [9.17, 15) is 14.4 Å². The molecule has 2 aromatic carbocycles. The summed E-state index contributed by atoms with van der Waals surface area (Å²) >= 11 is 0. The zero-order chi connectivity index (χ0) is 25.7. The molecule has 190 valence electrons. The van der Waals surface area contributed by atoms with Crippen LogP contribution in [0.15, 0.2) is 51.7 Å². The van der Waals surface area contributed by atoms with Crippen LogP contribution >= 0.6 is 0 Å². The Morgan fingerprint density at radius 3 is 2.36 bits per heavy atom. The van der Waals surface area contributed by atoms with Crippen molar-refractivity contribution in [2.75, 3.05) is 33.4 Å². The van der Waals surface area contributed by atoms with Gasteiger partial charge in [0.25, 0.3) is 5.91 Å². The van der Waals surface area contributed by atoms with E-state index in [0.29, 0.717) is 66.5 Å². The SMILES string of the molecule is CCOC(=O)C1CCN(C(=O)COc2ccc3c(=O)c(Oc4ccc(OC)cc4)c(C)oc3c2)CC1. The van der Waals surface area contributed by atoms with E-state index in [1.54, 1.807) is 68.3 Å². The quantitative estimate of drug-likeness (QED) is 0.431. The molecular weight excluding hydrogens is 466 g/mol. The number of hydrogen-bond donors (Lipinski definition) is 0. The predicted octanol–water partition coefficient (Wildman–Crippen LogP) is 4.08. The molecule has 0 radical (unpaired) electrons. The van der Waals surface area contributed by atoms with E-state index in [-0.39, 0.29) is 35.6 Å². The first-order chi connectivity index (χ1) is 17.4. The fourth-order valence-corrected chi connectivity index (χ4v) is 4.10. The maximum Gasteiger partial charge on any atom is 0.309 e. The Morgan fingerprint density at radius 2 is 1.69 bits per heavy atom. The van der Waals surface area contributed by atoms with Crippen molar-refractivity contribution < 1.29 is 33.0 Å². The van der Waals surface area contributed by atoms with Gasteiger partial charge in [0.15, 0.2) is 6.61 Å². The Labute approximate surface area is 208 Å². The van der Waals surface area contributed by atoms with Crippen LogP contribution < -0.4 is 19.6 Å². The third-order valence-electron chi connectivity index (χ3n) is 6.10. The lowest BCUT2D eigenvalue weighted by molar-refractivity contribution is -0.151. The molecule has 0 N–H and O–H groups in total. The van der Waals surface area contributed by atoms with Crippen molar-refractivity contribution in [3.05, 3.63) is 58.4 Å². The number of carbonyl (C=O) groups excluding carboxylic acids is 2. The van der Waals surface area contributed by atoms with Crippen LogP contribution in [-0.2, 0) is 14.3 Å². The molecule has 1 fully saturated rings. The van der Waals surface area contributed by atoms with Gasteiger partial charge in [-0.3, -0.25) is 14.4 Å². The van der Waals surface area contributed by atoms with Crippen LogP contribution in [0.2, 0.25) is 0 Å². The van der Waals surface area contributed by atoms with E-state index < -0.39 is 0 Å². The fourth-order valence-electron chi connectivity index (χ4n) is 4.10. The number of likely N-dealkylation sites (tertiary alicyclic amines) is 1. The number of piperidine rings is 1. The Hall–Kier alpha value is -4.01. The van der Waals surface area contributed by atoms with Crippen molar-refractivity contribution in [2.24, 2.45) is 5.92 Å². The molecule has 4 rings (SSSR count). The standard InChI is InChI=1S/C27H29NO8/c1-4-33-27(31)18-11-13-28(14-12-18)24(29)16-34-21-9-10-22-23(15-21)35-17(2)26(25(22)30)36-20-7-5-19(32-3)6-8-20/h5-10,15,18H,4,11-14,16H2,1-3H3. The molecule has 1 saturated heterocycles. The second-order valence-corrected chi connectivity index (χ2v) is 8.45. The number of esters is 1. The highest BCUT2D eigenvalue weighted by Gasteiger charge is 2.28. The highest BCUT2D eigenvalue weighted by atomic mass is 16.5. The first-order valence-electron chi connectivity index (χ1n) is 11.9. The lowest BCUT2D eigenvalue weighted by Gasteiger charge is -2.30. The lowest BCUT2D eigenvalue weighted by Crippen LogP contribution is -2.42. The van der Waals surface area contributed by atoms with E-state index >= 15 is 0 Å². The highest BCUT2D eigenvalue weighted by Crippen LogP contribution is 2.28. The summed E-state index contributed by atoms with van der Waals surface area (Å²) in [5, 5.41) is 0.337. The fraction of sp³-hybridized carbons (Fsp3) is 0.370. The molecule has 0 unspecified atom stereocenters. The van der Waals surface area contributed by atoms with Crippen molar-refractivity contribution in [1.29, 1.82) is 0 Å². The second-order valence-electron chi connectivity index (χ2n) is 8.45. The number of rotatable bonds is 8. The van der Waals surface area contributed by atoms with Crippen LogP contribution in [0.5, 0.6) is 23.0 Å². The van der Waals surface area contributed by atoms with Crippen LogP contribution in [0.25, 0.3) is 11.0 Å². The van der Waals surface area contributed by atoms with Crippen molar-refractivity contribution >= 4 is 22.8 Å².